The van der Waals surface area contributed by atoms with Gasteiger partial charge in [0.2, 0.25) is 0 Å². The van der Waals surface area contributed by atoms with Crippen LogP contribution in [0.3, 0.4) is 0 Å². The summed E-state index contributed by atoms with van der Waals surface area (Å²) in [4.78, 5) is 25.9. The zero-order valence-electron chi connectivity index (χ0n) is 16.1. The first-order valence-electron chi connectivity index (χ1n) is 8.17. The van der Waals surface area contributed by atoms with Gasteiger partial charge in [0.1, 0.15) is 5.75 Å². The van der Waals surface area contributed by atoms with Crippen LogP contribution < -0.4 is 14.2 Å². The molecule has 0 unspecified atom stereocenters. The summed E-state index contributed by atoms with van der Waals surface area (Å²) in [5.74, 6) is 0.681. The summed E-state index contributed by atoms with van der Waals surface area (Å²) in [6.07, 6.45) is 0. The Labute approximate surface area is 158 Å². The molecule has 0 spiro atoms. The first-order valence-corrected chi connectivity index (χ1v) is 8.17. The van der Waals surface area contributed by atoms with Crippen LogP contribution in [0.1, 0.15) is 26.3 Å². The van der Waals surface area contributed by atoms with Gasteiger partial charge in [-0.15, -0.1) is 0 Å². The van der Waals surface area contributed by atoms with Crippen molar-refractivity contribution in [1.29, 1.82) is 0 Å². The summed E-state index contributed by atoms with van der Waals surface area (Å²) in [5, 5.41) is 0. The summed E-state index contributed by atoms with van der Waals surface area (Å²) in [5.41, 5.74) is 1.69. The fourth-order valence-corrected chi connectivity index (χ4v) is 2.61. The Hall–Kier alpha value is -3.22. The summed E-state index contributed by atoms with van der Waals surface area (Å²) in [6.45, 7) is 0.359. The number of carbonyl (C=O) groups is 2. The van der Waals surface area contributed by atoms with Gasteiger partial charge in [-0.25, -0.2) is 4.79 Å². The monoisotopic (exact) mass is 373 g/mol. The molecule has 0 saturated carbocycles. The molecule has 0 bridgehead atoms. The maximum absolute atomic E-state index is 12.9. The number of methoxy groups -OCH3 is 4. The molecule has 2 aromatic carbocycles. The maximum atomic E-state index is 12.9. The summed E-state index contributed by atoms with van der Waals surface area (Å²) >= 11 is 0. The second kappa shape index (κ2) is 8.93. The molecule has 0 aliphatic heterocycles. The number of amides is 1. The molecule has 0 aromatic heterocycles. The van der Waals surface area contributed by atoms with Gasteiger partial charge in [-0.2, -0.15) is 0 Å². The average molecular weight is 373 g/mol. The van der Waals surface area contributed by atoms with Crippen LogP contribution in [0.15, 0.2) is 36.4 Å². The van der Waals surface area contributed by atoms with Crippen molar-refractivity contribution >= 4 is 11.9 Å². The third kappa shape index (κ3) is 4.49. The lowest BCUT2D eigenvalue weighted by atomic mass is 10.1. The molecule has 2 rings (SSSR count). The van der Waals surface area contributed by atoms with Crippen LogP contribution in [0.4, 0.5) is 0 Å². The van der Waals surface area contributed by atoms with Gasteiger partial charge in [0.05, 0.1) is 39.6 Å². The highest BCUT2D eigenvalue weighted by Gasteiger charge is 2.21. The number of carbonyl (C=O) groups excluding carboxylic acids is 2. The molecule has 7 nitrogen and oxygen atoms in total. The molecule has 0 aliphatic carbocycles. The van der Waals surface area contributed by atoms with Crippen LogP contribution in [0.2, 0.25) is 0 Å². The van der Waals surface area contributed by atoms with Gasteiger partial charge in [-0.1, -0.05) is 12.1 Å². The molecule has 0 N–H and O–H groups in total. The summed E-state index contributed by atoms with van der Waals surface area (Å²) < 4.78 is 20.5. The lowest BCUT2D eigenvalue weighted by Crippen LogP contribution is -2.26. The number of esters is 1. The third-order valence-electron chi connectivity index (χ3n) is 4.08. The highest BCUT2D eigenvalue weighted by molar-refractivity contribution is 5.97. The number of rotatable bonds is 7. The lowest BCUT2D eigenvalue weighted by Gasteiger charge is -2.20. The van der Waals surface area contributed by atoms with Crippen molar-refractivity contribution in [3.63, 3.8) is 0 Å². The molecule has 27 heavy (non-hydrogen) atoms. The number of nitrogens with zero attached hydrogens (tertiary/aromatic N) is 1. The molecular formula is C20H23NO6. The maximum Gasteiger partial charge on any atom is 0.337 e. The average Bonchev–Trinajstić information content (AvgIpc) is 2.71. The van der Waals surface area contributed by atoms with E-state index in [-0.39, 0.29) is 5.91 Å². The van der Waals surface area contributed by atoms with E-state index in [1.54, 1.807) is 48.3 Å². The fraction of sp³-hybridized carbons (Fsp3) is 0.300. The largest absolute Gasteiger partial charge is 0.496 e. The van der Waals surface area contributed by atoms with E-state index in [1.165, 1.54) is 28.4 Å². The van der Waals surface area contributed by atoms with E-state index in [4.69, 9.17) is 14.2 Å². The molecule has 1 amide bonds. The van der Waals surface area contributed by atoms with Crippen molar-refractivity contribution in [2.75, 3.05) is 35.5 Å². The topological polar surface area (TPSA) is 74.3 Å². The van der Waals surface area contributed by atoms with Gasteiger partial charge in [0, 0.05) is 25.7 Å². The Balaban J connectivity index is 2.23. The minimum atomic E-state index is -0.402. The van der Waals surface area contributed by atoms with Crippen molar-refractivity contribution in [3.8, 4) is 17.2 Å². The SMILES string of the molecule is COC(=O)c1ccc(CN(C)C(=O)c2cc(OC)c(OC)cc2OC)cc1. The van der Waals surface area contributed by atoms with Crippen molar-refractivity contribution in [3.05, 3.63) is 53.1 Å². The summed E-state index contributed by atoms with van der Waals surface area (Å²) in [6, 6.07) is 10.1. The van der Waals surface area contributed by atoms with Crippen LogP contribution in [-0.2, 0) is 11.3 Å². The van der Waals surface area contributed by atoms with E-state index in [2.05, 4.69) is 4.74 Å². The first-order chi connectivity index (χ1) is 12.9. The van der Waals surface area contributed by atoms with E-state index in [9.17, 15) is 9.59 Å². The predicted octanol–water partition coefficient (Wildman–Crippen LogP) is 2.77. The molecule has 0 saturated heterocycles. The van der Waals surface area contributed by atoms with Gasteiger partial charge >= 0.3 is 5.97 Å². The second-order valence-corrected chi connectivity index (χ2v) is 5.76. The Kier molecular flexibility index (Phi) is 6.65. The minimum absolute atomic E-state index is 0.232. The van der Waals surface area contributed by atoms with Gasteiger partial charge in [-0.3, -0.25) is 4.79 Å². The van der Waals surface area contributed by atoms with Crippen LogP contribution in [0.25, 0.3) is 0 Å². The van der Waals surface area contributed by atoms with Crippen molar-refractivity contribution < 1.29 is 28.5 Å². The van der Waals surface area contributed by atoms with E-state index >= 15 is 0 Å². The zero-order chi connectivity index (χ0) is 20.0. The Morgan fingerprint density at radius 2 is 1.41 bits per heavy atom. The third-order valence-corrected chi connectivity index (χ3v) is 4.08. The van der Waals surface area contributed by atoms with Crippen LogP contribution >= 0.6 is 0 Å². The zero-order valence-corrected chi connectivity index (χ0v) is 16.1. The second-order valence-electron chi connectivity index (χ2n) is 5.76. The smallest absolute Gasteiger partial charge is 0.337 e. The fourth-order valence-electron chi connectivity index (χ4n) is 2.61. The molecule has 0 radical (unpaired) electrons. The highest BCUT2D eigenvalue weighted by atomic mass is 16.5. The minimum Gasteiger partial charge on any atom is -0.496 e. The summed E-state index contributed by atoms with van der Waals surface area (Å²) in [7, 11) is 7.53. The van der Waals surface area contributed by atoms with Gasteiger partial charge in [0.15, 0.2) is 11.5 Å². The normalized spacial score (nSPS) is 10.1. The molecular weight excluding hydrogens is 350 g/mol. The van der Waals surface area contributed by atoms with Crippen LogP contribution in [-0.4, -0.2) is 52.3 Å². The van der Waals surface area contributed by atoms with Crippen LogP contribution in [0, 0.1) is 0 Å². The van der Waals surface area contributed by atoms with Gasteiger partial charge in [0.25, 0.3) is 5.91 Å². The molecule has 2 aromatic rings. The Morgan fingerprint density at radius 3 is 1.93 bits per heavy atom. The van der Waals surface area contributed by atoms with Crippen molar-refractivity contribution in [2.24, 2.45) is 0 Å². The number of benzene rings is 2. The Bertz CT molecular complexity index is 816. The van der Waals surface area contributed by atoms with Crippen molar-refractivity contribution in [2.45, 2.75) is 6.54 Å². The number of ether oxygens (including phenoxy) is 4. The molecule has 0 heterocycles. The molecule has 0 aliphatic rings. The molecule has 0 fully saturated rings. The lowest BCUT2D eigenvalue weighted by molar-refractivity contribution is 0.0600. The molecule has 0 atom stereocenters. The highest BCUT2D eigenvalue weighted by Crippen LogP contribution is 2.35. The van der Waals surface area contributed by atoms with Crippen molar-refractivity contribution in [1.82, 2.24) is 4.90 Å². The van der Waals surface area contributed by atoms with Crippen LogP contribution in [0.5, 0.6) is 17.2 Å². The van der Waals surface area contributed by atoms with E-state index in [1.807, 2.05) is 0 Å². The van der Waals surface area contributed by atoms with Gasteiger partial charge in [-0.05, 0) is 17.7 Å². The van der Waals surface area contributed by atoms with E-state index in [0.717, 1.165) is 5.56 Å². The Morgan fingerprint density at radius 1 is 0.852 bits per heavy atom. The van der Waals surface area contributed by atoms with E-state index < -0.39 is 5.97 Å². The van der Waals surface area contributed by atoms with Gasteiger partial charge < -0.3 is 23.8 Å². The first kappa shape index (κ1) is 20.1. The molecule has 7 heteroatoms. The number of hydrogen-bond donors (Lipinski definition) is 0. The quantitative estimate of drug-likeness (QED) is 0.695. The standard InChI is InChI=1S/C20H23NO6/c1-21(12-13-6-8-14(9-7-13)20(23)27-5)19(22)15-10-17(25-3)18(26-4)11-16(15)24-2/h6-11H,12H2,1-5H3. The number of hydrogen-bond acceptors (Lipinski definition) is 6. The van der Waals surface area contributed by atoms with E-state index in [0.29, 0.717) is 34.9 Å². The predicted molar refractivity (Wildman–Crippen MR) is 99.7 cm³/mol. The molecule has 144 valence electrons.